The van der Waals surface area contributed by atoms with Crippen molar-refractivity contribution in [2.24, 2.45) is 0 Å². The van der Waals surface area contributed by atoms with E-state index in [9.17, 15) is 37.8 Å². The van der Waals surface area contributed by atoms with Crippen molar-refractivity contribution >= 4 is 33.0 Å². The Hall–Kier alpha value is 0.0543. The molecule has 16 heteroatoms. The van der Waals surface area contributed by atoms with Crippen LogP contribution in [0.4, 0.5) is 0 Å². The third kappa shape index (κ3) is 27.2. The minimum absolute atomic E-state index is 0. The zero-order valence-corrected chi connectivity index (χ0v) is 16.1. The smallest absolute Gasteiger partial charge is 0.563 e. The van der Waals surface area contributed by atoms with Gasteiger partial charge in [-0.2, -0.15) is 0 Å². The fourth-order valence-corrected chi connectivity index (χ4v) is 1.56. The number of benzene rings is 1. The first-order valence-electron chi connectivity index (χ1n) is 4.77. The molecule has 0 spiro atoms. The van der Waals surface area contributed by atoms with E-state index in [1.165, 1.54) is 0 Å². The van der Waals surface area contributed by atoms with Crippen LogP contribution in [0, 0.1) is 0 Å². The van der Waals surface area contributed by atoms with E-state index in [1.54, 1.807) is 0 Å². The minimum Gasteiger partial charge on any atom is -0.563 e. The molecule has 1 N–H and O–H groups in total. The Morgan fingerprint density at radius 3 is 1.22 bits per heavy atom. The van der Waals surface area contributed by atoms with Crippen LogP contribution in [0.25, 0.3) is 0 Å². The van der Waals surface area contributed by atoms with Gasteiger partial charge in [-0.15, -0.1) is 0 Å². The average Bonchev–Trinajstić information content (AvgIpc) is 2.38. The fourth-order valence-electron chi connectivity index (χ4n) is 0.692. The van der Waals surface area contributed by atoms with Crippen molar-refractivity contribution in [3.05, 3.63) is 35.9 Å². The maximum Gasteiger partial charge on any atom is 4.00 e. The summed E-state index contributed by atoms with van der Waals surface area (Å²) in [7, 11) is -12.9. The summed E-state index contributed by atoms with van der Waals surface area (Å²) in [6.45, 7) is 0.140. The summed E-state index contributed by atoms with van der Waals surface area (Å²) < 4.78 is 43.3. The summed E-state index contributed by atoms with van der Waals surface area (Å²) in [6, 6.07) is 9.52. The predicted molar refractivity (Wildman–Crippen MR) is 65.0 cm³/mol. The van der Waals surface area contributed by atoms with Crippen molar-refractivity contribution < 1.29 is 73.3 Å². The summed E-state index contributed by atoms with van der Waals surface area (Å²) in [6.07, 6.45) is 0. The van der Waals surface area contributed by atoms with Gasteiger partial charge in [0.2, 0.25) is 0 Å². The third-order valence-corrected chi connectivity index (χ3v) is 3.43. The number of aliphatic hydroxyl groups is 1. The Kier molecular flexibility index (Phi) is 22.3. The average molecular weight is 440 g/mol. The molecule has 0 amide bonds. The summed E-state index contributed by atoms with van der Waals surface area (Å²) >= 11 is 0. The molecule has 0 bridgehead atoms. The molecule has 1 aromatic rings. The standard InChI is InChI=1S/C7H8O.2O5P2.Ti/c8-6-7-4-2-1-3-5-7;2*1-6(2)5-7(3)4;/h1-5,8H,6H2;;;/q;;;+4. The third-order valence-electron chi connectivity index (χ3n) is 1.29. The van der Waals surface area contributed by atoms with Gasteiger partial charge < -0.3 is 24.7 Å². The first kappa shape index (κ1) is 27.9. The van der Waals surface area contributed by atoms with Crippen LogP contribution in [-0.2, 0) is 55.2 Å². The molecule has 0 aliphatic rings. The molecule has 0 aliphatic heterocycles. The molecular weight excluding hydrogens is 432 g/mol. The van der Waals surface area contributed by atoms with Crippen molar-refractivity contribution in [3.8, 4) is 0 Å². The topological polar surface area (TPSA) is 199 Å². The Labute approximate surface area is 149 Å². The molecule has 11 nitrogen and oxygen atoms in total. The van der Waals surface area contributed by atoms with E-state index in [0.717, 1.165) is 5.56 Å². The molecule has 0 saturated heterocycles. The molecule has 0 radical (unpaired) electrons. The Balaban J connectivity index is -0.000000257. The number of rotatable bonds is 5. The van der Waals surface area contributed by atoms with Gasteiger partial charge in [0.25, 0.3) is 0 Å². The van der Waals surface area contributed by atoms with Crippen LogP contribution in [0.3, 0.4) is 0 Å². The molecule has 122 valence electrons. The maximum atomic E-state index is 9.24. The zero-order chi connectivity index (χ0) is 17.5. The molecule has 0 heterocycles. The summed E-state index contributed by atoms with van der Waals surface area (Å²) in [5.74, 6) is 0. The van der Waals surface area contributed by atoms with Crippen molar-refractivity contribution in [2.75, 3.05) is 0 Å². The van der Waals surface area contributed by atoms with Crippen molar-refractivity contribution in [2.45, 2.75) is 6.61 Å². The second-order valence-electron chi connectivity index (χ2n) is 2.70. The first-order valence-corrected chi connectivity index (χ1v) is 9.15. The summed E-state index contributed by atoms with van der Waals surface area (Å²) in [5.41, 5.74) is 0.965. The van der Waals surface area contributed by atoms with Crippen LogP contribution in [0.1, 0.15) is 5.56 Å². The monoisotopic (exact) mass is 440 g/mol. The van der Waals surface area contributed by atoms with Gasteiger partial charge in [-0.25, -0.2) is 0 Å². The van der Waals surface area contributed by atoms with Crippen LogP contribution >= 0.6 is 33.0 Å². The van der Waals surface area contributed by atoms with E-state index >= 15 is 0 Å². The van der Waals surface area contributed by atoms with Gasteiger partial charge in [0.1, 0.15) is 8.62 Å². The molecule has 0 aliphatic carbocycles. The van der Waals surface area contributed by atoms with Gasteiger partial charge in [-0.3, -0.25) is 0 Å². The van der Waals surface area contributed by atoms with Crippen molar-refractivity contribution in [1.82, 2.24) is 0 Å². The van der Waals surface area contributed by atoms with Gasteiger partial charge in [-0.1, -0.05) is 30.3 Å². The molecule has 23 heavy (non-hydrogen) atoms. The van der Waals surface area contributed by atoms with Crippen molar-refractivity contribution in [3.63, 3.8) is 0 Å². The second-order valence-corrected chi connectivity index (χ2v) is 5.80. The summed E-state index contributed by atoms with van der Waals surface area (Å²) in [5, 5.41) is 8.54. The molecule has 0 saturated carbocycles. The number of hydrogen-bond donors (Lipinski definition) is 1. The number of hydrogen-bond acceptors (Lipinski definition) is 11. The predicted octanol–water partition coefficient (Wildman–Crippen LogP) is -0.747. The Morgan fingerprint density at radius 2 is 1.09 bits per heavy atom. The van der Waals surface area contributed by atoms with E-state index in [1.807, 2.05) is 30.3 Å². The molecule has 1 rings (SSSR count). The van der Waals surface area contributed by atoms with Crippen LogP contribution in [0.2, 0.25) is 0 Å². The van der Waals surface area contributed by atoms with E-state index in [2.05, 4.69) is 8.62 Å². The first-order chi connectivity index (χ1) is 10.2. The second kappa shape index (κ2) is 18.4. The molecule has 0 aromatic heterocycles. The van der Waals surface area contributed by atoms with Gasteiger partial charge in [0, 0.05) is 0 Å². The van der Waals surface area contributed by atoms with Crippen molar-refractivity contribution in [1.29, 1.82) is 0 Å². The van der Waals surface area contributed by atoms with Gasteiger partial charge in [0.15, 0.2) is 0 Å². The van der Waals surface area contributed by atoms with Gasteiger partial charge >= 0.3 is 54.7 Å². The minimum atomic E-state index is -3.24. The molecule has 4 unspecified atom stereocenters. The maximum absolute atomic E-state index is 9.24. The molecule has 0 fully saturated rings. The van der Waals surface area contributed by atoms with E-state index in [0.29, 0.717) is 0 Å². The molecule has 1 aromatic carbocycles. The Morgan fingerprint density at radius 1 is 0.783 bits per heavy atom. The largest absolute Gasteiger partial charge is 4.00 e. The molecular formula is C7H8O11P4Ti+4. The van der Waals surface area contributed by atoms with Crippen LogP contribution in [0.5, 0.6) is 0 Å². The van der Waals surface area contributed by atoms with Crippen LogP contribution in [0.15, 0.2) is 30.3 Å². The van der Waals surface area contributed by atoms with E-state index in [4.69, 9.17) is 5.11 Å². The normalized spacial score (nSPS) is 11.3. The molecule has 4 atom stereocenters. The SMILES string of the molecule is O=[P+]([O-])O[P+](=O)[O-].O=[P+]([O-])O[P+](=O)[O-].OCc1ccccc1.[Ti+4]. The summed E-state index contributed by atoms with van der Waals surface area (Å²) in [4.78, 5) is 37.0. The van der Waals surface area contributed by atoms with E-state index < -0.39 is 33.0 Å². The van der Waals surface area contributed by atoms with Crippen LogP contribution < -0.4 is 19.6 Å². The zero-order valence-electron chi connectivity index (χ0n) is 10.9. The Bertz CT molecular complexity index is 448. The van der Waals surface area contributed by atoms with Crippen LogP contribution in [-0.4, -0.2) is 5.11 Å². The van der Waals surface area contributed by atoms with E-state index in [-0.39, 0.29) is 28.3 Å². The number of aliphatic hydroxyl groups excluding tert-OH is 1. The fraction of sp³-hybridized carbons (Fsp3) is 0.143. The quantitative estimate of drug-likeness (QED) is 0.446. The van der Waals surface area contributed by atoms with Gasteiger partial charge in [-0.05, 0) is 23.8 Å². The van der Waals surface area contributed by atoms with Gasteiger partial charge in [0.05, 0.1) is 6.61 Å².